The van der Waals surface area contributed by atoms with Gasteiger partial charge < -0.3 is 4.52 Å². The van der Waals surface area contributed by atoms with Crippen molar-refractivity contribution in [1.82, 2.24) is 5.16 Å². The molecule has 0 radical (unpaired) electrons. The smallest absolute Gasteiger partial charge is 0.272 e. The van der Waals surface area contributed by atoms with E-state index in [0.717, 1.165) is 24.1 Å². The lowest BCUT2D eigenvalue weighted by molar-refractivity contribution is 0.400. The molecule has 0 amide bonds. The zero-order valence-electron chi connectivity index (χ0n) is 10.8. The third-order valence-corrected chi connectivity index (χ3v) is 5.54. The molecule has 2 aromatic heterocycles. The highest BCUT2D eigenvalue weighted by molar-refractivity contribution is 7.94. The lowest BCUT2D eigenvalue weighted by atomic mass is 10.2. The Kier molecular flexibility index (Phi) is 4.26. The maximum atomic E-state index is 12.1. The van der Waals surface area contributed by atoms with Crippen molar-refractivity contribution in [3.8, 4) is 0 Å². The Labute approximate surface area is 116 Å². The first-order valence-electron chi connectivity index (χ1n) is 6.06. The molecule has 0 bridgehead atoms. The molecule has 19 heavy (non-hydrogen) atoms. The fourth-order valence-electron chi connectivity index (χ4n) is 1.59. The molecule has 1 N–H and O–H groups in total. The van der Waals surface area contributed by atoms with Crippen LogP contribution in [-0.4, -0.2) is 13.6 Å². The lowest BCUT2D eigenvalue weighted by Crippen LogP contribution is -2.11. The van der Waals surface area contributed by atoms with Gasteiger partial charge in [-0.1, -0.05) is 18.5 Å². The van der Waals surface area contributed by atoms with Crippen molar-refractivity contribution in [2.45, 2.75) is 37.3 Å². The summed E-state index contributed by atoms with van der Waals surface area (Å²) < 4.78 is 31.8. The van der Waals surface area contributed by atoms with Gasteiger partial charge in [0.05, 0.1) is 0 Å². The number of aromatic nitrogens is 1. The first-order chi connectivity index (χ1) is 9.01. The van der Waals surface area contributed by atoms with Gasteiger partial charge in [0, 0.05) is 10.9 Å². The van der Waals surface area contributed by atoms with Gasteiger partial charge in [0.1, 0.15) is 9.97 Å². The van der Waals surface area contributed by atoms with Crippen LogP contribution in [0.15, 0.2) is 26.9 Å². The highest BCUT2D eigenvalue weighted by atomic mass is 32.2. The third kappa shape index (κ3) is 3.57. The predicted octanol–water partition coefficient (Wildman–Crippen LogP) is 3.19. The summed E-state index contributed by atoms with van der Waals surface area (Å²) in [4.78, 5) is 1.08. The van der Waals surface area contributed by atoms with Crippen molar-refractivity contribution in [3.63, 3.8) is 0 Å². The van der Waals surface area contributed by atoms with E-state index in [-0.39, 0.29) is 5.82 Å². The van der Waals surface area contributed by atoms with Gasteiger partial charge in [-0.2, -0.15) is 0 Å². The fourth-order valence-corrected chi connectivity index (χ4v) is 3.97. The van der Waals surface area contributed by atoms with Crippen molar-refractivity contribution >= 4 is 27.2 Å². The first-order valence-corrected chi connectivity index (χ1v) is 8.36. The number of nitrogens with one attached hydrogen (secondary N) is 1. The number of hydrogen-bond acceptors (Lipinski definition) is 5. The largest absolute Gasteiger partial charge is 0.360 e. The number of nitrogens with zero attached hydrogens (tertiary/aromatic N) is 1. The van der Waals surface area contributed by atoms with Gasteiger partial charge in [-0.15, -0.1) is 11.3 Å². The summed E-state index contributed by atoms with van der Waals surface area (Å²) in [5.74, 6) is 0.772. The van der Waals surface area contributed by atoms with E-state index in [1.807, 2.05) is 6.07 Å². The van der Waals surface area contributed by atoms with Crippen LogP contribution < -0.4 is 4.72 Å². The Morgan fingerprint density at radius 1 is 1.42 bits per heavy atom. The SMILES string of the molecule is CCCCc1ccc(S(=O)(=O)Nc2cc(C)on2)s1. The second-order valence-electron chi connectivity index (χ2n) is 4.25. The molecule has 2 heterocycles. The second kappa shape index (κ2) is 5.75. The molecule has 2 rings (SSSR count). The van der Waals surface area contributed by atoms with Crippen LogP contribution in [0.25, 0.3) is 0 Å². The molecule has 0 saturated carbocycles. The van der Waals surface area contributed by atoms with E-state index in [1.165, 1.54) is 11.3 Å². The molecule has 0 aliphatic rings. The third-order valence-electron chi connectivity index (χ3n) is 2.55. The fraction of sp³-hybridized carbons (Fsp3) is 0.417. The molecule has 0 fully saturated rings. The highest BCUT2D eigenvalue weighted by Crippen LogP contribution is 2.25. The lowest BCUT2D eigenvalue weighted by Gasteiger charge is -2.01. The molecule has 104 valence electrons. The number of sulfonamides is 1. The van der Waals surface area contributed by atoms with Crippen LogP contribution in [0, 0.1) is 6.92 Å². The minimum absolute atomic E-state index is 0.209. The summed E-state index contributed by atoms with van der Waals surface area (Å²) in [6.45, 7) is 3.82. The Balaban J connectivity index is 2.13. The van der Waals surface area contributed by atoms with Crippen molar-refractivity contribution < 1.29 is 12.9 Å². The van der Waals surface area contributed by atoms with Crippen LogP contribution in [0.4, 0.5) is 5.82 Å². The van der Waals surface area contributed by atoms with Crippen LogP contribution in [0.3, 0.4) is 0 Å². The van der Waals surface area contributed by atoms with Crippen molar-refractivity contribution in [3.05, 3.63) is 28.8 Å². The standard InChI is InChI=1S/C12H16N2O3S2/c1-3-4-5-10-6-7-12(18-10)19(15,16)14-11-8-9(2)17-13-11/h6-8H,3-5H2,1-2H3,(H,13,14). The van der Waals surface area contributed by atoms with Gasteiger partial charge >= 0.3 is 0 Å². The Morgan fingerprint density at radius 2 is 2.21 bits per heavy atom. The van der Waals surface area contributed by atoms with Crippen LogP contribution in [0.1, 0.15) is 30.4 Å². The molecular weight excluding hydrogens is 284 g/mol. The number of aryl methyl sites for hydroxylation is 2. The molecule has 0 aromatic carbocycles. The van der Waals surface area contributed by atoms with E-state index in [4.69, 9.17) is 4.52 Å². The van der Waals surface area contributed by atoms with E-state index in [9.17, 15) is 8.42 Å². The number of rotatable bonds is 6. The summed E-state index contributed by atoms with van der Waals surface area (Å²) in [7, 11) is -3.56. The summed E-state index contributed by atoms with van der Waals surface area (Å²) in [5, 5.41) is 3.62. The number of hydrogen-bond donors (Lipinski definition) is 1. The monoisotopic (exact) mass is 300 g/mol. The van der Waals surface area contributed by atoms with E-state index >= 15 is 0 Å². The van der Waals surface area contributed by atoms with Gasteiger partial charge in [-0.05, 0) is 31.9 Å². The molecule has 5 nitrogen and oxygen atoms in total. The molecule has 0 aliphatic heterocycles. The molecular formula is C12H16N2O3S2. The average molecular weight is 300 g/mol. The normalized spacial score (nSPS) is 11.7. The maximum Gasteiger partial charge on any atom is 0.272 e. The van der Waals surface area contributed by atoms with Crippen LogP contribution in [-0.2, 0) is 16.4 Å². The van der Waals surface area contributed by atoms with Crippen LogP contribution >= 0.6 is 11.3 Å². The molecule has 0 aliphatic carbocycles. The van der Waals surface area contributed by atoms with E-state index < -0.39 is 10.0 Å². The predicted molar refractivity (Wildman–Crippen MR) is 75.0 cm³/mol. The van der Waals surface area contributed by atoms with Gasteiger partial charge in [-0.3, -0.25) is 4.72 Å². The molecule has 2 aromatic rings. The van der Waals surface area contributed by atoms with Crippen LogP contribution in [0.2, 0.25) is 0 Å². The van der Waals surface area contributed by atoms with Crippen molar-refractivity contribution in [1.29, 1.82) is 0 Å². The number of unbranched alkanes of at least 4 members (excludes halogenated alkanes) is 1. The quantitative estimate of drug-likeness (QED) is 0.889. The molecule has 7 heteroatoms. The van der Waals surface area contributed by atoms with E-state index in [2.05, 4.69) is 16.8 Å². The number of anilines is 1. The molecule has 0 saturated heterocycles. The minimum atomic E-state index is -3.56. The van der Waals surface area contributed by atoms with Crippen molar-refractivity contribution in [2.75, 3.05) is 4.72 Å². The van der Waals surface area contributed by atoms with Gasteiger partial charge in [0.25, 0.3) is 10.0 Å². The Hall–Kier alpha value is -1.34. The molecule has 0 spiro atoms. The second-order valence-corrected chi connectivity index (χ2v) is 7.33. The molecule has 0 unspecified atom stereocenters. The maximum absolute atomic E-state index is 12.1. The van der Waals surface area contributed by atoms with E-state index in [1.54, 1.807) is 19.1 Å². The van der Waals surface area contributed by atoms with Gasteiger partial charge in [-0.25, -0.2) is 8.42 Å². The summed E-state index contributed by atoms with van der Waals surface area (Å²) in [5.41, 5.74) is 0. The average Bonchev–Trinajstić information content (AvgIpc) is 2.95. The topological polar surface area (TPSA) is 72.2 Å². The Morgan fingerprint density at radius 3 is 2.84 bits per heavy atom. The minimum Gasteiger partial charge on any atom is -0.360 e. The summed E-state index contributed by atoms with van der Waals surface area (Å²) in [6.07, 6.45) is 3.08. The van der Waals surface area contributed by atoms with Crippen LogP contribution in [0.5, 0.6) is 0 Å². The van der Waals surface area contributed by atoms with E-state index in [0.29, 0.717) is 9.97 Å². The zero-order valence-corrected chi connectivity index (χ0v) is 12.5. The van der Waals surface area contributed by atoms with Gasteiger partial charge in [0.2, 0.25) is 0 Å². The van der Waals surface area contributed by atoms with Gasteiger partial charge in [0.15, 0.2) is 5.82 Å². The Bertz CT molecular complexity index is 643. The number of thiophene rings is 1. The first kappa shape index (κ1) is 14.1. The highest BCUT2D eigenvalue weighted by Gasteiger charge is 2.18. The summed E-state index contributed by atoms with van der Waals surface area (Å²) >= 11 is 1.30. The zero-order chi connectivity index (χ0) is 13.9. The van der Waals surface area contributed by atoms with Crippen molar-refractivity contribution in [2.24, 2.45) is 0 Å². The summed E-state index contributed by atoms with van der Waals surface area (Å²) in [6, 6.07) is 5.04. The molecule has 0 atom stereocenters.